The van der Waals surface area contributed by atoms with Gasteiger partial charge in [0.1, 0.15) is 11.0 Å². The summed E-state index contributed by atoms with van der Waals surface area (Å²) in [6.07, 6.45) is 3.26. The van der Waals surface area contributed by atoms with Gasteiger partial charge in [-0.3, -0.25) is 4.79 Å². The number of aliphatic hydroxyl groups is 1. The molecule has 0 unspecified atom stereocenters. The highest BCUT2D eigenvalue weighted by Gasteiger charge is 2.26. The Bertz CT molecular complexity index is 1120. The van der Waals surface area contributed by atoms with E-state index >= 15 is 0 Å². The first-order valence-electron chi connectivity index (χ1n) is 10.3. The Balaban J connectivity index is 1.89. The van der Waals surface area contributed by atoms with Gasteiger partial charge >= 0.3 is 5.97 Å². The molecule has 0 amide bonds. The molecule has 1 aromatic heterocycles. The van der Waals surface area contributed by atoms with Gasteiger partial charge in [0.15, 0.2) is 0 Å². The third-order valence-corrected chi connectivity index (χ3v) is 6.37. The summed E-state index contributed by atoms with van der Waals surface area (Å²) in [5.41, 5.74) is 7.83. The van der Waals surface area contributed by atoms with Crippen molar-refractivity contribution < 1.29 is 14.6 Å². The van der Waals surface area contributed by atoms with Crippen molar-refractivity contribution in [1.82, 2.24) is 15.0 Å². The van der Waals surface area contributed by atoms with Crippen LogP contribution in [0.4, 0.5) is 0 Å². The number of hydrogen-bond donors (Lipinski definition) is 1. The molecule has 2 aromatic carbocycles. The van der Waals surface area contributed by atoms with Crippen molar-refractivity contribution in [2.24, 2.45) is 7.05 Å². The summed E-state index contributed by atoms with van der Waals surface area (Å²) in [6, 6.07) is 6.13. The van der Waals surface area contributed by atoms with Gasteiger partial charge in [0.25, 0.3) is 0 Å². The molecule has 0 spiro atoms. The standard InChI is InChI=1S/C23H26ClN3O3/c1-4-30-21(29)11-19(15-8-14-6-5-7-17(14)16(9-15)12-28)18-10-20(24)23-22(13(18)2)25-26-27(23)3/h8-10,19,28H,4-7,11-12H2,1-3H3/t19-/m0/s1. The van der Waals surface area contributed by atoms with Crippen LogP contribution in [0.25, 0.3) is 11.0 Å². The van der Waals surface area contributed by atoms with Crippen LogP contribution < -0.4 is 0 Å². The molecule has 0 radical (unpaired) electrons. The Kier molecular flexibility index (Phi) is 5.80. The fraction of sp³-hybridized carbons (Fsp3) is 0.435. The first kappa shape index (κ1) is 20.8. The van der Waals surface area contributed by atoms with Gasteiger partial charge in [0.05, 0.1) is 24.7 Å². The molecule has 1 atom stereocenters. The number of rotatable bonds is 6. The van der Waals surface area contributed by atoms with Crippen LogP contribution in [0.5, 0.6) is 0 Å². The van der Waals surface area contributed by atoms with E-state index in [1.807, 2.05) is 26.1 Å². The zero-order chi connectivity index (χ0) is 21.4. The maximum Gasteiger partial charge on any atom is 0.306 e. The first-order valence-corrected chi connectivity index (χ1v) is 10.7. The minimum absolute atomic E-state index is 0.00870. The summed E-state index contributed by atoms with van der Waals surface area (Å²) in [5, 5.41) is 18.9. The number of hydrogen-bond acceptors (Lipinski definition) is 5. The molecular formula is C23H26ClN3O3. The lowest BCUT2D eigenvalue weighted by Gasteiger charge is -2.22. The second-order valence-corrected chi connectivity index (χ2v) is 8.28. The zero-order valence-corrected chi connectivity index (χ0v) is 18.3. The van der Waals surface area contributed by atoms with E-state index in [9.17, 15) is 9.90 Å². The third-order valence-electron chi connectivity index (χ3n) is 6.08. The molecule has 1 aliphatic carbocycles. The molecule has 0 aliphatic heterocycles. The number of halogens is 1. The molecule has 1 N–H and O–H groups in total. The van der Waals surface area contributed by atoms with Crippen LogP contribution in [0.3, 0.4) is 0 Å². The smallest absolute Gasteiger partial charge is 0.306 e. The lowest BCUT2D eigenvalue weighted by atomic mass is 9.83. The Hall–Kier alpha value is -2.44. The van der Waals surface area contributed by atoms with Crippen molar-refractivity contribution in [2.45, 2.75) is 52.1 Å². The molecule has 0 saturated heterocycles. The van der Waals surface area contributed by atoms with E-state index in [2.05, 4.69) is 16.4 Å². The van der Waals surface area contributed by atoms with Crippen molar-refractivity contribution in [2.75, 3.05) is 6.61 Å². The average molecular weight is 428 g/mol. The number of esters is 1. The Morgan fingerprint density at radius 3 is 2.87 bits per heavy atom. The fourth-order valence-electron chi connectivity index (χ4n) is 4.65. The topological polar surface area (TPSA) is 77.2 Å². The highest BCUT2D eigenvalue weighted by atomic mass is 35.5. The largest absolute Gasteiger partial charge is 0.466 e. The molecule has 158 valence electrons. The molecule has 1 aliphatic rings. The van der Waals surface area contributed by atoms with Gasteiger partial charge in [-0.2, -0.15) is 0 Å². The minimum Gasteiger partial charge on any atom is -0.466 e. The maximum atomic E-state index is 12.5. The summed E-state index contributed by atoms with van der Waals surface area (Å²) in [5.74, 6) is -0.507. The monoisotopic (exact) mass is 427 g/mol. The molecule has 6 nitrogen and oxygen atoms in total. The van der Waals surface area contributed by atoms with Gasteiger partial charge in [0.2, 0.25) is 0 Å². The van der Waals surface area contributed by atoms with Crippen LogP contribution in [-0.4, -0.2) is 32.7 Å². The molecule has 1 heterocycles. The number of aromatic nitrogens is 3. The average Bonchev–Trinajstić information content (AvgIpc) is 3.35. The molecule has 3 aromatic rings. The predicted molar refractivity (Wildman–Crippen MR) is 116 cm³/mol. The summed E-state index contributed by atoms with van der Waals surface area (Å²) >= 11 is 6.61. The summed E-state index contributed by atoms with van der Waals surface area (Å²) in [4.78, 5) is 12.5. The van der Waals surface area contributed by atoms with Crippen LogP contribution in [-0.2, 0) is 36.0 Å². The van der Waals surface area contributed by atoms with Gasteiger partial charge in [0, 0.05) is 13.0 Å². The molecule has 7 heteroatoms. The van der Waals surface area contributed by atoms with E-state index < -0.39 is 0 Å². The Morgan fingerprint density at radius 2 is 2.13 bits per heavy atom. The van der Waals surface area contributed by atoms with E-state index in [4.69, 9.17) is 16.3 Å². The van der Waals surface area contributed by atoms with Crippen LogP contribution >= 0.6 is 11.6 Å². The normalized spacial score (nSPS) is 14.2. The molecule has 4 rings (SSSR count). The summed E-state index contributed by atoms with van der Waals surface area (Å²) in [7, 11) is 1.81. The fourth-order valence-corrected chi connectivity index (χ4v) is 4.98. The van der Waals surface area contributed by atoms with Crippen LogP contribution in [0, 0.1) is 6.92 Å². The van der Waals surface area contributed by atoms with Crippen LogP contribution in [0.15, 0.2) is 18.2 Å². The van der Waals surface area contributed by atoms with Gasteiger partial charge in [-0.15, -0.1) is 5.10 Å². The number of ether oxygens (including phenoxy) is 1. The van der Waals surface area contributed by atoms with E-state index in [-0.39, 0.29) is 24.9 Å². The van der Waals surface area contributed by atoms with Crippen molar-refractivity contribution in [3.05, 3.63) is 56.6 Å². The Morgan fingerprint density at radius 1 is 1.33 bits per heavy atom. The van der Waals surface area contributed by atoms with Crippen molar-refractivity contribution in [3.63, 3.8) is 0 Å². The SMILES string of the molecule is CCOC(=O)C[C@@H](c1cc(CO)c2c(c1)CCC2)c1cc(Cl)c2c(nnn2C)c1C. The van der Waals surface area contributed by atoms with Gasteiger partial charge in [-0.05, 0) is 72.6 Å². The number of nitrogens with zero attached hydrogens (tertiary/aromatic N) is 3. The maximum absolute atomic E-state index is 12.5. The highest BCUT2D eigenvalue weighted by molar-refractivity contribution is 6.35. The lowest BCUT2D eigenvalue weighted by Crippen LogP contribution is -2.14. The molecule has 0 fully saturated rings. The number of benzene rings is 2. The van der Waals surface area contributed by atoms with Gasteiger partial charge in [-0.25, -0.2) is 4.68 Å². The van der Waals surface area contributed by atoms with E-state index in [1.165, 1.54) is 11.1 Å². The summed E-state index contributed by atoms with van der Waals surface area (Å²) < 4.78 is 6.93. The second-order valence-electron chi connectivity index (χ2n) is 7.87. The minimum atomic E-state index is -0.261. The molecular weight excluding hydrogens is 402 g/mol. The molecule has 30 heavy (non-hydrogen) atoms. The molecule has 0 saturated carbocycles. The van der Waals surface area contributed by atoms with Crippen LogP contribution in [0.1, 0.15) is 59.1 Å². The predicted octanol–water partition coefficient (Wildman–Crippen LogP) is 4.00. The lowest BCUT2D eigenvalue weighted by molar-refractivity contribution is -0.143. The Labute approximate surface area is 180 Å². The highest BCUT2D eigenvalue weighted by Crippen LogP contribution is 2.39. The second kappa shape index (κ2) is 8.36. The molecule has 0 bridgehead atoms. The third kappa shape index (κ3) is 3.59. The number of aliphatic hydroxyl groups excluding tert-OH is 1. The van der Waals surface area contributed by atoms with Crippen LogP contribution in [0.2, 0.25) is 5.02 Å². The van der Waals surface area contributed by atoms with E-state index in [0.717, 1.165) is 52.5 Å². The number of aryl methyl sites for hydroxylation is 3. The van der Waals surface area contributed by atoms with E-state index in [1.54, 1.807) is 11.6 Å². The quantitative estimate of drug-likeness (QED) is 0.602. The van der Waals surface area contributed by atoms with Crippen molar-refractivity contribution in [3.8, 4) is 0 Å². The van der Waals surface area contributed by atoms with Crippen molar-refractivity contribution >= 4 is 28.6 Å². The van der Waals surface area contributed by atoms with Crippen molar-refractivity contribution in [1.29, 1.82) is 0 Å². The van der Waals surface area contributed by atoms with E-state index in [0.29, 0.717) is 11.6 Å². The number of carbonyl (C=O) groups excluding carboxylic acids is 1. The van der Waals surface area contributed by atoms with Gasteiger partial charge in [-0.1, -0.05) is 28.9 Å². The van der Waals surface area contributed by atoms with Gasteiger partial charge < -0.3 is 9.84 Å². The number of carbonyl (C=O) groups is 1. The first-order chi connectivity index (χ1) is 14.4. The zero-order valence-electron chi connectivity index (χ0n) is 17.5. The number of fused-ring (bicyclic) bond motifs is 2. The summed E-state index contributed by atoms with van der Waals surface area (Å²) in [6.45, 7) is 4.12.